The van der Waals surface area contributed by atoms with Gasteiger partial charge in [0.25, 0.3) is 0 Å². The van der Waals surface area contributed by atoms with Gasteiger partial charge in [-0.1, -0.05) is 39.0 Å². The van der Waals surface area contributed by atoms with Crippen molar-refractivity contribution in [2.75, 3.05) is 31.6 Å². The van der Waals surface area contributed by atoms with E-state index in [1.807, 2.05) is 6.92 Å². The molecular formula is C25H38N4O6. The fourth-order valence-corrected chi connectivity index (χ4v) is 4.65. The molecule has 0 aromatic heterocycles. The Hall–Kier alpha value is -3.01. The average molecular weight is 491 g/mol. The molecule has 1 atom stereocenters. The highest BCUT2D eigenvalue weighted by Gasteiger charge is 2.42. The highest BCUT2D eigenvalue weighted by Crippen LogP contribution is 2.30. The molecule has 5 N–H and O–H groups in total. The van der Waals surface area contributed by atoms with Crippen molar-refractivity contribution >= 4 is 23.5 Å². The zero-order valence-electron chi connectivity index (χ0n) is 20.5. The third kappa shape index (κ3) is 7.48. The molecule has 1 aliphatic carbocycles. The molecule has 10 heteroatoms. The number of phenols is 2. The van der Waals surface area contributed by atoms with E-state index in [1.54, 1.807) is 4.90 Å². The third-order valence-corrected chi connectivity index (χ3v) is 6.72. The zero-order chi connectivity index (χ0) is 25.3. The van der Waals surface area contributed by atoms with E-state index in [0.29, 0.717) is 51.3 Å². The van der Waals surface area contributed by atoms with Crippen LogP contribution in [0.4, 0.5) is 10.5 Å². The van der Waals surface area contributed by atoms with Gasteiger partial charge in [0.2, 0.25) is 11.8 Å². The van der Waals surface area contributed by atoms with Crippen LogP contribution in [-0.2, 0) is 14.3 Å². The van der Waals surface area contributed by atoms with Gasteiger partial charge in [-0.15, -0.1) is 0 Å². The number of morpholine rings is 1. The van der Waals surface area contributed by atoms with Crippen molar-refractivity contribution in [3.8, 4) is 11.5 Å². The van der Waals surface area contributed by atoms with Crippen molar-refractivity contribution in [2.24, 2.45) is 0 Å². The SMILES string of the molecule is CCCC[C@@H](CC(=O)Nc1ccc(O)c(O)c1)NC(=O)C1(NC(=O)N2CCOCC2)CCCCC1. The van der Waals surface area contributed by atoms with E-state index in [0.717, 1.165) is 32.1 Å². The lowest BCUT2D eigenvalue weighted by Crippen LogP contribution is -2.63. The number of carbonyl (C=O) groups is 3. The Bertz CT molecular complexity index is 881. The quantitative estimate of drug-likeness (QED) is 0.266. The van der Waals surface area contributed by atoms with Crippen LogP contribution in [0, 0.1) is 0 Å². The summed E-state index contributed by atoms with van der Waals surface area (Å²) in [4.78, 5) is 40.9. The number of anilines is 1. The zero-order valence-corrected chi connectivity index (χ0v) is 20.5. The van der Waals surface area contributed by atoms with Gasteiger partial charge in [0.1, 0.15) is 5.54 Å². The number of ether oxygens (including phenoxy) is 1. The lowest BCUT2D eigenvalue weighted by atomic mass is 9.80. The van der Waals surface area contributed by atoms with Gasteiger partial charge < -0.3 is 35.8 Å². The van der Waals surface area contributed by atoms with E-state index in [-0.39, 0.29) is 35.8 Å². The van der Waals surface area contributed by atoms with Crippen LogP contribution in [0.15, 0.2) is 18.2 Å². The first-order chi connectivity index (χ1) is 16.8. The van der Waals surface area contributed by atoms with Gasteiger partial charge in [0, 0.05) is 37.3 Å². The van der Waals surface area contributed by atoms with Crippen molar-refractivity contribution < 1.29 is 29.3 Å². The number of hydrogen-bond donors (Lipinski definition) is 5. The second kappa shape index (κ2) is 12.6. The summed E-state index contributed by atoms with van der Waals surface area (Å²) >= 11 is 0. The van der Waals surface area contributed by atoms with Crippen LogP contribution in [-0.4, -0.2) is 70.8 Å². The number of aromatic hydroxyl groups is 2. The van der Waals surface area contributed by atoms with E-state index >= 15 is 0 Å². The van der Waals surface area contributed by atoms with Crippen LogP contribution in [0.2, 0.25) is 0 Å². The first-order valence-electron chi connectivity index (χ1n) is 12.6. The molecular weight excluding hydrogens is 452 g/mol. The normalized spacial score (nSPS) is 18.4. The summed E-state index contributed by atoms with van der Waals surface area (Å²) in [6, 6.07) is 3.41. The molecule has 2 aliphatic rings. The number of urea groups is 1. The first-order valence-corrected chi connectivity index (χ1v) is 12.6. The summed E-state index contributed by atoms with van der Waals surface area (Å²) in [5, 5.41) is 27.9. The molecule has 0 spiro atoms. The summed E-state index contributed by atoms with van der Waals surface area (Å²) in [5.74, 6) is -1.15. The van der Waals surface area contributed by atoms with Gasteiger partial charge in [0.15, 0.2) is 11.5 Å². The van der Waals surface area contributed by atoms with Gasteiger partial charge in [0.05, 0.1) is 13.2 Å². The van der Waals surface area contributed by atoms with E-state index in [9.17, 15) is 24.6 Å². The molecule has 3 rings (SSSR count). The van der Waals surface area contributed by atoms with Crippen LogP contribution in [0.3, 0.4) is 0 Å². The summed E-state index contributed by atoms with van der Waals surface area (Å²) in [5.41, 5.74) is -0.635. The van der Waals surface area contributed by atoms with E-state index < -0.39 is 11.6 Å². The molecule has 2 fully saturated rings. The van der Waals surface area contributed by atoms with Crippen molar-refractivity contribution in [1.82, 2.24) is 15.5 Å². The number of carbonyl (C=O) groups excluding carboxylic acids is 3. The predicted octanol–water partition coefficient (Wildman–Crippen LogP) is 2.85. The van der Waals surface area contributed by atoms with Crippen LogP contribution in [0.25, 0.3) is 0 Å². The summed E-state index contributed by atoms with van der Waals surface area (Å²) < 4.78 is 5.33. The molecule has 35 heavy (non-hydrogen) atoms. The number of nitrogens with zero attached hydrogens (tertiary/aromatic N) is 1. The maximum atomic E-state index is 13.6. The molecule has 1 saturated heterocycles. The van der Waals surface area contributed by atoms with Gasteiger partial charge in [-0.25, -0.2) is 4.79 Å². The number of rotatable bonds is 9. The van der Waals surface area contributed by atoms with Crippen LogP contribution in [0.1, 0.15) is 64.7 Å². The minimum absolute atomic E-state index is 0.0564. The Balaban J connectivity index is 1.66. The van der Waals surface area contributed by atoms with E-state index in [1.165, 1.54) is 18.2 Å². The minimum Gasteiger partial charge on any atom is -0.504 e. The Morgan fingerprint density at radius 3 is 2.46 bits per heavy atom. The standard InChI is InChI=1S/C25H38N4O6/c1-2-3-7-18(17-22(32)26-19-8-9-20(30)21(31)16-19)27-23(33)25(10-5-4-6-11-25)28-24(34)29-12-14-35-15-13-29/h8-9,16,18,30-31H,2-7,10-15,17H2,1H3,(H,26,32)(H,27,33)(H,28,34)/t18-/m0/s1. The number of nitrogens with one attached hydrogen (secondary N) is 3. The molecule has 10 nitrogen and oxygen atoms in total. The summed E-state index contributed by atoms with van der Waals surface area (Å²) in [6.45, 7) is 4.01. The number of phenolic OH excluding ortho intramolecular Hbond substituents is 2. The Labute approximate surface area is 206 Å². The van der Waals surface area contributed by atoms with Crippen molar-refractivity contribution in [3.05, 3.63) is 18.2 Å². The largest absolute Gasteiger partial charge is 0.504 e. The molecule has 1 aliphatic heterocycles. The smallest absolute Gasteiger partial charge is 0.318 e. The average Bonchev–Trinajstić information content (AvgIpc) is 2.85. The van der Waals surface area contributed by atoms with E-state index in [2.05, 4.69) is 16.0 Å². The summed E-state index contributed by atoms with van der Waals surface area (Å²) in [7, 11) is 0. The van der Waals surface area contributed by atoms with Gasteiger partial charge in [-0.2, -0.15) is 0 Å². The monoisotopic (exact) mass is 490 g/mol. The van der Waals surface area contributed by atoms with Gasteiger partial charge >= 0.3 is 6.03 Å². The minimum atomic E-state index is -0.989. The topological polar surface area (TPSA) is 140 Å². The molecule has 1 saturated carbocycles. The van der Waals surface area contributed by atoms with E-state index in [4.69, 9.17) is 4.74 Å². The van der Waals surface area contributed by atoms with Gasteiger partial charge in [-0.05, 0) is 31.4 Å². The van der Waals surface area contributed by atoms with Crippen LogP contribution in [0.5, 0.6) is 11.5 Å². The molecule has 0 radical (unpaired) electrons. The Kier molecular flexibility index (Phi) is 9.59. The lowest BCUT2D eigenvalue weighted by molar-refractivity contribution is -0.129. The maximum Gasteiger partial charge on any atom is 0.318 e. The van der Waals surface area contributed by atoms with Crippen molar-refractivity contribution in [3.63, 3.8) is 0 Å². The highest BCUT2D eigenvalue weighted by molar-refractivity contribution is 5.94. The fourth-order valence-electron chi connectivity index (χ4n) is 4.65. The number of unbranched alkanes of at least 4 members (excludes halogenated alkanes) is 1. The number of amides is 4. The summed E-state index contributed by atoms with van der Waals surface area (Å²) in [6.07, 6.45) is 6.28. The predicted molar refractivity (Wildman–Crippen MR) is 131 cm³/mol. The molecule has 4 amide bonds. The fraction of sp³-hybridized carbons (Fsp3) is 0.640. The molecule has 1 aromatic rings. The Morgan fingerprint density at radius 2 is 1.80 bits per heavy atom. The van der Waals surface area contributed by atoms with Crippen molar-refractivity contribution in [2.45, 2.75) is 76.3 Å². The first kappa shape index (κ1) is 26.6. The molecule has 194 valence electrons. The molecule has 1 aromatic carbocycles. The van der Waals surface area contributed by atoms with Crippen LogP contribution >= 0.6 is 0 Å². The third-order valence-electron chi connectivity index (χ3n) is 6.72. The van der Waals surface area contributed by atoms with Crippen molar-refractivity contribution in [1.29, 1.82) is 0 Å². The number of hydrogen-bond acceptors (Lipinski definition) is 6. The molecule has 0 bridgehead atoms. The molecule has 0 unspecified atom stereocenters. The Morgan fingerprint density at radius 1 is 1.09 bits per heavy atom. The molecule has 1 heterocycles. The second-order valence-corrected chi connectivity index (χ2v) is 9.44. The van der Waals surface area contributed by atoms with Crippen LogP contribution < -0.4 is 16.0 Å². The lowest BCUT2D eigenvalue weighted by Gasteiger charge is -2.39. The number of benzene rings is 1. The second-order valence-electron chi connectivity index (χ2n) is 9.44. The van der Waals surface area contributed by atoms with Gasteiger partial charge in [-0.3, -0.25) is 9.59 Å². The highest BCUT2D eigenvalue weighted by atomic mass is 16.5. The maximum absolute atomic E-state index is 13.6.